The van der Waals surface area contributed by atoms with Crippen molar-refractivity contribution in [3.63, 3.8) is 0 Å². The number of carbonyl (C=O) groups is 1. The minimum atomic E-state index is -0.0644. The molecule has 0 saturated carbocycles. The Hall–Kier alpha value is -2.92. The highest BCUT2D eigenvalue weighted by Gasteiger charge is 2.25. The highest BCUT2D eigenvalue weighted by molar-refractivity contribution is 6.13. The summed E-state index contributed by atoms with van der Waals surface area (Å²) >= 11 is 0. The molecular formula is C23H26N4O. The molecule has 2 heterocycles. The van der Waals surface area contributed by atoms with Crippen LogP contribution in [0.2, 0.25) is 0 Å². The predicted octanol–water partition coefficient (Wildman–Crippen LogP) is 3.93. The molecule has 0 unspecified atom stereocenters. The van der Waals surface area contributed by atoms with Gasteiger partial charge in [-0.15, -0.1) is 0 Å². The summed E-state index contributed by atoms with van der Waals surface area (Å²) in [7, 11) is 4.00. The Labute approximate surface area is 166 Å². The van der Waals surface area contributed by atoms with Crippen LogP contribution in [0.5, 0.6) is 0 Å². The van der Waals surface area contributed by atoms with E-state index >= 15 is 0 Å². The summed E-state index contributed by atoms with van der Waals surface area (Å²) < 4.78 is 0. The number of hydrogen-bond acceptors (Lipinski definition) is 4. The SMILES string of the molecule is CCN1CCc2nc3ccccc3c(C(=O)Nc3ccc(N(C)C)cc3)c2C1. The average Bonchev–Trinajstić information content (AvgIpc) is 2.71. The highest BCUT2D eigenvalue weighted by atomic mass is 16.1. The van der Waals surface area contributed by atoms with E-state index in [2.05, 4.69) is 17.1 Å². The third kappa shape index (κ3) is 3.45. The fraction of sp³-hybridized carbons (Fsp3) is 0.304. The maximum atomic E-state index is 13.3. The van der Waals surface area contributed by atoms with Crippen LogP contribution in [-0.4, -0.2) is 43.0 Å². The summed E-state index contributed by atoms with van der Waals surface area (Å²) in [5.74, 6) is -0.0644. The number of para-hydroxylation sites is 1. The number of carbonyl (C=O) groups excluding carboxylic acids is 1. The first-order valence-corrected chi connectivity index (χ1v) is 9.78. The van der Waals surface area contributed by atoms with Gasteiger partial charge >= 0.3 is 0 Å². The number of pyridine rings is 1. The number of hydrogen-bond donors (Lipinski definition) is 1. The Morgan fingerprint density at radius 3 is 2.61 bits per heavy atom. The van der Waals surface area contributed by atoms with E-state index < -0.39 is 0 Å². The number of benzene rings is 2. The maximum absolute atomic E-state index is 13.3. The molecule has 1 aliphatic heterocycles. The molecular weight excluding hydrogens is 348 g/mol. The molecule has 0 aliphatic carbocycles. The van der Waals surface area contributed by atoms with Crippen LogP contribution in [0.4, 0.5) is 11.4 Å². The van der Waals surface area contributed by atoms with Crippen LogP contribution in [0.3, 0.4) is 0 Å². The Balaban J connectivity index is 1.75. The van der Waals surface area contributed by atoms with Gasteiger partial charge in [0.1, 0.15) is 0 Å². The van der Waals surface area contributed by atoms with E-state index in [-0.39, 0.29) is 5.91 Å². The number of amides is 1. The number of rotatable bonds is 4. The minimum absolute atomic E-state index is 0.0644. The summed E-state index contributed by atoms with van der Waals surface area (Å²) in [4.78, 5) is 22.6. The lowest BCUT2D eigenvalue weighted by Gasteiger charge is -2.29. The van der Waals surface area contributed by atoms with Gasteiger partial charge in [0.05, 0.1) is 11.1 Å². The fourth-order valence-corrected chi connectivity index (χ4v) is 3.81. The van der Waals surface area contributed by atoms with Crippen molar-refractivity contribution < 1.29 is 4.79 Å². The molecule has 0 radical (unpaired) electrons. The lowest BCUT2D eigenvalue weighted by atomic mass is 9.95. The quantitative estimate of drug-likeness (QED) is 0.752. The van der Waals surface area contributed by atoms with E-state index in [1.165, 1.54) is 0 Å². The lowest BCUT2D eigenvalue weighted by Crippen LogP contribution is -2.33. The normalized spacial score (nSPS) is 14.0. The van der Waals surface area contributed by atoms with Crippen molar-refractivity contribution in [1.82, 2.24) is 9.88 Å². The van der Waals surface area contributed by atoms with Crippen LogP contribution in [0.15, 0.2) is 48.5 Å². The molecule has 0 fully saturated rings. The summed E-state index contributed by atoms with van der Waals surface area (Å²) in [6.45, 7) is 4.89. The molecule has 2 aromatic carbocycles. The number of nitrogens with one attached hydrogen (secondary N) is 1. The third-order valence-electron chi connectivity index (χ3n) is 5.44. The summed E-state index contributed by atoms with van der Waals surface area (Å²) in [6, 6.07) is 15.8. The van der Waals surface area contributed by atoms with Crippen molar-refractivity contribution in [2.24, 2.45) is 0 Å². The van der Waals surface area contributed by atoms with E-state index in [4.69, 9.17) is 4.98 Å². The molecule has 1 amide bonds. The molecule has 5 heteroatoms. The number of likely N-dealkylation sites (N-methyl/N-ethyl adjacent to an activating group) is 1. The fourth-order valence-electron chi connectivity index (χ4n) is 3.81. The first-order chi connectivity index (χ1) is 13.6. The van der Waals surface area contributed by atoms with Crippen molar-refractivity contribution in [2.75, 3.05) is 37.4 Å². The second kappa shape index (κ2) is 7.60. The van der Waals surface area contributed by atoms with E-state index in [1.54, 1.807) is 0 Å². The monoisotopic (exact) mass is 374 g/mol. The zero-order valence-electron chi connectivity index (χ0n) is 16.7. The molecule has 5 nitrogen and oxygen atoms in total. The van der Waals surface area contributed by atoms with E-state index in [1.807, 2.05) is 67.5 Å². The lowest BCUT2D eigenvalue weighted by molar-refractivity contribution is 0.102. The van der Waals surface area contributed by atoms with Crippen molar-refractivity contribution in [3.8, 4) is 0 Å². The Morgan fingerprint density at radius 1 is 1.14 bits per heavy atom. The largest absolute Gasteiger partial charge is 0.378 e. The Kier molecular flexibility index (Phi) is 5.01. The second-order valence-corrected chi connectivity index (χ2v) is 7.44. The van der Waals surface area contributed by atoms with Gasteiger partial charge in [-0.25, -0.2) is 0 Å². The van der Waals surface area contributed by atoms with Gasteiger partial charge < -0.3 is 10.2 Å². The predicted molar refractivity (Wildman–Crippen MR) is 115 cm³/mol. The summed E-state index contributed by atoms with van der Waals surface area (Å²) in [5, 5.41) is 4.01. The van der Waals surface area contributed by atoms with Crippen molar-refractivity contribution in [3.05, 3.63) is 65.4 Å². The van der Waals surface area contributed by atoms with Crippen molar-refractivity contribution in [2.45, 2.75) is 19.9 Å². The third-order valence-corrected chi connectivity index (χ3v) is 5.44. The van der Waals surface area contributed by atoms with Crippen LogP contribution in [0.1, 0.15) is 28.5 Å². The van der Waals surface area contributed by atoms with Crippen LogP contribution in [0, 0.1) is 0 Å². The topological polar surface area (TPSA) is 48.5 Å². The molecule has 4 rings (SSSR count). The first-order valence-electron chi connectivity index (χ1n) is 9.78. The molecule has 3 aromatic rings. The van der Waals surface area contributed by atoms with Gasteiger partial charge in [0.2, 0.25) is 0 Å². The smallest absolute Gasteiger partial charge is 0.256 e. The molecule has 144 valence electrons. The maximum Gasteiger partial charge on any atom is 0.256 e. The van der Waals surface area contributed by atoms with Gasteiger partial charge in [0.25, 0.3) is 5.91 Å². The van der Waals surface area contributed by atoms with Gasteiger partial charge in [0, 0.05) is 61.6 Å². The standard InChI is InChI=1S/C23H26N4O/c1-4-27-14-13-21-19(15-27)22(18-7-5-6-8-20(18)25-21)23(28)24-16-9-11-17(12-10-16)26(2)3/h5-12H,4,13-15H2,1-3H3,(H,24,28). The van der Waals surface area contributed by atoms with E-state index in [9.17, 15) is 4.79 Å². The van der Waals surface area contributed by atoms with Crippen LogP contribution in [0.25, 0.3) is 10.9 Å². The molecule has 28 heavy (non-hydrogen) atoms. The van der Waals surface area contributed by atoms with Crippen molar-refractivity contribution >= 4 is 28.2 Å². The van der Waals surface area contributed by atoms with Crippen LogP contribution in [-0.2, 0) is 13.0 Å². The van der Waals surface area contributed by atoms with Gasteiger partial charge in [-0.2, -0.15) is 0 Å². The number of anilines is 2. The summed E-state index contributed by atoms with van der Waals surface area (Å²) in [5.41, 5.74) is 5.66. The van der Waals surface area contributed by atoms with Crippen molar-refractivity contribution in [1.29, 1.82) is 0 Å². The molecule has 1 aliphatic rings. The Bertz CT molecular complexity index is 1010. The number of aromatic nitrogens is 1. The van der Waals surface area contributed by atoms with E-state index in [0.717, 1.165) is 65.2 Å². The number of nitrogens with zero attached hydrogens (tertiary/aromatic N) is 3. The van der Waals surface area contributed by atoms with Gasteiger partial charge in [-0.1, -0.05) is 25.1 Å². The molecule has 0 saturated heterocycles. The zero-order chi connectivity index (χ0) is 19.7. The first kappa shape index (κ1) is 18.4. The van der Waals surface area contributed by atoms with Gasteiger partial charge in [0.15, 0.2) is 0 Å². The molecule has 1 N–H and O–H groups in total. The average molecular weight is 374 g/mol. The van der Waals surface area contributed by atoms with Gasteiger partial charge in [-0.3, -0.25) is 14.7 Å². The second-order valence-electron chi connectivity index (χ2n) is 7.44. The molecule has 0 spiro atoms. The minimum Gasteiger partial charge on any atom is -0.378 e. The Morgan fingerprint density at radius 2 is 1.89 bits per heavy atom. The van der Waals surface area contributed by atoms with Gasteiger partial charge in [-0.05, 0) is 36.9 Å². The molecule has 1 aromatic heterocycles. The zero-order valence-corrected chi connectivity index (χ0v) is 16.7. The van der Waals surface area contributed by atoms with E-state index in [0.29, 0.717) is 0 Å². The van der Waals surface area contributed by atoms with Crippen LogP contribution >= 0.6 is 0 Å². The molecule has 0 bridgehead atoms. The summed E-state index contributed by atoms with van der Waals surface area (Å²) in [6.07, 6.45) is 0.881. The highest BCUT2D eigenvalue weighted by Crippen LogP contribution is 2.29. The van der Waals surface area contributed by atoms with Crippen LogP contribution < -0.4 is 10.2 Å². The number of fused-ring (bicyclic) bond motifs is 2. The molecule has 0 atom stereocenters.